The van der Waals surface area contributed by atoms with Crippen LogP contribution in [0.25, 0.3) is 17.0 Å². The smallest absolute Gasteiger partial charge is 0.293 e. The molecular weight excluding hydrogens is 548 g/mol. The number of rotatable bonds is 6. The van der Waals surface area contributed by atoms with Crippen LogP contribution in [0, 0.1) is 0 Å². The van der Waals surface area contributed by atoms with Gasteiger partial charge in [-0.25, -0.2) is 0 Å². The number of hydrogen-bond acceptors (Lipinski definition) is 4. The highest BCUT2D eigenvalue weighted by atomic mass is 79.9. The summed E-state index contributed by atoms with van der Waals surface area (Å²) in [6.45, 7) is 0.268. The Kier molecular flexibility index (Phi) is 6.65. The van der Waals surface area contributed by atoms with Crippen LogP contribution >= 0.6 is 39.3 Å². The average molecular weight is 566 g/mol. The van der Waals surface area contributed by atoms with Gasteiger partial charge in [-0.3, -0.25) is 19.3 Å². The zero-order valence-electron chi connectivity index (χ0n) is 18.3. The van der Waals surface area contributed by atoms with Crippen molar-refractivity contribution in [2.75, 3.05) is 6.54 Å². The molecule has 35 heavy (non-hydrogen) atoms. The van der Waals surface area contributed by atoms with Crippen molar-refractivity contribution >= 4 is 73.2 Å². The quantitative estimate of drug-likeness (QED) is 0.186. The van der Waals surface area contributed by atoms with Crippen LogP contribution < -0.4 is 0 Å². The second-order valence-electron chi connectivity index (χ2n) is 8.02. The Balaban J connectivity index is 1.47. The van der Waals surface area contributed by atoms with E-state index in [2.05, 4.69) is 20.5 Å². The van der Waals surface area contributed by atoms with Gasteiger partial charge in [0.15, 0.2) is 5.78 Å². The summed E-state index contributed by atoms with van der Waals surface area (Å²) in [6.07, 6.45) is 3.67. The molecule has 0 unspecified atom stereocenters. The van der Waals surface area contributed by atoms with Gasteiger partial charge in [0, 0.05) is 44.3 Å². The standard InChI is InChI=1S/C27H18BrClN2O3S/c28-20-10-11-23-21(13-20)19(15-30(23)14-18-8-4-5-9-22(18)29)12-25-26(33)31(27(34)35-25)16-24(32)17-6-2-1-3-7-17/h1-13,15H,14,16H2/b25-12-. The number of halogens is 2. The molecule has 0 spiro atoms. The molecule has 4 aromatic rings. The summed E-state index contributed by atoms with van der Waals surface area (Å²) in [5.41, 5.74) is 3.20. The van der Waals surface area contributed by atoms with E-state index in [1.807, 2.05) is 48.7 Å². The summed E-state index contributed by atoms with van der Waals surface area (Å²) in [5.74, 6) is -0.749. The molecule has 2 heterocycles. The Morgan fingerprint density at radius 3 is 2.51 bits per heavy atom. The summed E-state index contributed by atoms with van der Waals surface area (Å²) in [5, 5.41) is 1.15. The fourth-order valence-electron chi connectivity index (χ4n) is 3.99. The number of ketones is 1. The van der Waals surface area contributed by atoms with E-state index in [-0.39, 0.29) is 17.2 Å². The monoisotopic (exact) mass is 564 g/mol. The number of nitrogens with zero attached hydrogens (tertiary/aromatic N) is 2. The van der Waals surface area contributed by atoms with Crippen LogP contribution in [0.4, 0.5) is 4.79 Å². The van der Waals surface area contributed by atoms with Gasteiger partial charge in [0.25, 0.3) is 11.1 Å². The lowest BCUT2D eigenvalue weighted by atomic mass is 10.1. The first-order valence-electron chi connectivity index (χ1n) is 10.8. The number of fused-ring (bicyclic) bond motifs is 1. The number of Topliss-reactive ketones (excluding diaryl/α,β-unsaturated/α-hetero) is 1. The average Bonchev–Trinajstić information content (AvgIpc) is 3.32. The predicted octanol–water partition coefficient (Wildman–Crippen LogP) is 7.02. The minimum Gasteiger partial charge on any atom is -0.342 e. The van der Waals surface area contributed by atoms with Crippen LogP contribution in [0.15, 0.2) is 88.4 Å². The molecule has 0 aliphatic carbocycles. The third-order valence-electron chi connectivity index (χ3n) is 5.73. The Bertz CT molecular complexity index is 1510. The second-order valence-corrected chi connectivity index (χ2v) is 10.3. The molecule has 5 rings (SSSR count). The number of thioether (sulfide) groups is 1. The number of benzene rings is 3. The summed E-state index contributed by atoms with van der Waals surface area (Å²) < 4.78 is 2.97. The molecule has 0 radical (unpaired) electrons. The second kappa shape index (κ2) is 9.85. The molecule has 0 bridgehead atoms. The van der Waals surface area contributed by atoms with Crippen molar-refractivity contribution in [3.63, 3.8) is 0 Å². The Morgan fingerprint density at radius 2 is 1.74 bits per heavy atom. The number of carbonyl (C=O) groups excluding carboxylic acids is 3. The van der Waals surface area contributed by atoms with E-state index < -0.39 is 11.1 Å². The van der Waals surface area contributed by atoms with Crippen LogP contribution in [-0.2, 0) is 11.3 Å². The number of hydrogen-bond donors (Lipinski definition) is 0. The minimum absolute atomic E-state index is 0.283. The Morgan fingerprint density at radius 1 is 1.00 bits per heavy atom. The molecule has 0 atom stereocenters. The molecule has 3 aromatic carbocycles. The van der Waals surface area contributed by atoms with Crippen molar-refractivity contribution in [3.8, 4) is 0 Å². The number of aromatic nitrogens is 1. The van der Waals surface area contributed by atoms with Crippen LogP contribution in [0.2, 0.25) is 5.02 Å². The van der Waals surface area contributed by atoms with Gasteiger partial charge >= 0.3 is 0 Å². The predicted molar refractivity (Wildman–Crippen MR) is 144 cm³/mol. The molecule has 1 saturated heterocycles. The van der Waals surface area contributed by atoms with E-state index in [1.54, 1.807) is 36.4 Å². The van der Waals surface area contributed by atoms with Crippen LogP contribution in [0.3, 0.4) is 0 Å². The van der Waals surface area contributed by atoms with Gasteiger partial charge in [-0.05, 0) is 47.7 Å². The molecule has 1 aliphatic heterocycles. The van der Waals surface area contributed by atoms with E-state index in [0.717, 1.165) is 43.2 Å². The highest BCUT2D eigenvalue weighted by molar-refractivity contribution is 9.10. The maximum absolute atomic E-state index is 13.1. The van der Waals surface area contributed by atoms with Gasteiger partial charge in [0.2, 0.25) is 0 Å². The van der Waals surface area contributed by atoms with Gasteiger partial charge in [0.1, 0.15) is 0 Å². The third kappa shape index (κ3) is 4.85. The van der Waals surface area contributed by atoms with E-state index in [0.29, 0.717) is 17.1 Å². The molecule has 0 N–H and O–H groups in total. The van der Waals surface area contributed by atoms with Crippen LogP contribution in [0.1, 0.15) is 21.5 Å². The molecular formula is C27H18BrClN2O3S. The summed E-state index contributed by atoms with van der Waals surface area (Å²) >= 11 is 10.8. The first kappa shape index (κ1) is 23.6. The van der Waals surface area contributed by atoms with Gasteiger partial charge in [-0.15, -0.1) is 0 Å². The first-order chi connectivity index (χ1) is 16.9. The molecule has 0 saturated carbocycles. The highest BCUT2D eigenvalue weighted by Crippen LogP contribution is 2.35. The molecule has 2 amide bonds. The van der Waals surface area contributed by atoms with Crippen molar-refractivity contribution in [2.24, 2.45) is 0 Å². The van der Waals surface area contributed by atoms with Crippen molar-refractivity contribution < 1.29 is 14.4 Å². The number of carbonyl (C=O) groups is 3. The lowest BCUT2D eigenvalue weighted by molar-refractivity contribution is -0.122. The maximum atomic E-state index is 13.1. The molecule has 5 nitrogen and oxygen atoms in total. The SMILES string of the molecule is O=C(CN1C(=O)S/C(=C\c2cn(Cc3ccccc3Cl)c3ccc(Br)cc23)C1=O)c1ccccc1. The maximum Gasteiger partial charge on any atom is 0.293 e. The van der Waals surface area contributed by atoms with Crippen molar-refractivity contribution in [2.45, 2.75) is 6.54 Å². The third-order valence-corrected chi connectivity index (χ3v) is 7.50. The summed E-state index contributed by atoms with van der Waals surface area (Å²) in [7, 11) is 0. The molecule has 174 valence electrons. The van der Waals surface area contributed by atoms with Crippen LogP contribution in [-0.4, -0.2) is 32.9 Å². The normalized spacial score (nSPS) is 14.9. The fourth-order valence-corrected chi connectivity index (χ4v) is 5.38. The molecule has 1 aliphatic rings. The molecule has 1 fully saturated rings. The van der Waals surface area contributed by atoms with Crippen molar-refractivity contribution in [3.05, 3.63) is 110 Å². The van der Waals surface area contributed by atoms with Gasteiger partial charge < -0.3 is 4.57 Å². The molecule has 8 heteroatoms. The van der Waals surface area contributed by atoms with E-state index in [9.17, 15) is 14.4 Å². The topological polar surface area (TPSA) is 59.4 Å². The van der Waals surface area contributed by atoms with Gasteiger partial charge in [-0.1, -0.05) is 76.1 Å². The van der Waals surface area contributed by atoms with Crippen LogP contribution in [0.5, 0.6) is 0 Å². The van der Waals surface area contributed by atoms with Gasteiger partial charge in [-0.2, -0.15) is 0 Å². The number of amides is 2. The zero-order chi connectivity index (χ0) is 24.5. The summed E-state index contributed by atoms with van der Waals surface area (Å²) in [4.78, 5) is 39.5. The first-order valence-corrected chi connectivity index (χ1v) is 12.7. The van der Waals surface area contributed by atoms with Crippen molar-refractivity contribution in [1.29, 1.82) is 0 Å². The Hall–Kier alpha value is -3.13. The molecule has 1 aromatic heterocycles. The lowest BCUT2D eigenvalue weighted by Crippen LogP contribution is -2.33. The summed E-state index contributed by atoms with van der Waals surface area (Å²) in [6, 6.07) is 22.2. The van der Waals surface area contributed by atoms with E-state index in [1.165, 1.54) is 0 Å². The highest BCUT2D eigenvalue weighted by Gasteiger charge is 2.36. The van der Waals surface area contributed by atoms with Crippen molar-refractivity contribution in [1.82, 2.24) is 9.47 Å². The van der Waals surface area contributed by atoms with E-state index >= 15 is 0 Å². The number of imide groups is 1. The minimum atomic E-state index is -0.466. The Labute approximate surface area is 219 Å². The van der Waals surface area contributed by atoms with E-state index in [4.69, 9.17) is 11.6 Å². The fraction of sp³-hybridized carbons (Fsp3) is 0.0741. The van der Waals surface area contributed by atoms with Gasteiger partial charge in [0.05, 0.1) is 11.4 Å². The zero-order valence-corrected chi connectivity index (χ0v) is 21.4. The lowest BCUT2D eigenvalue weighted by Gasteiger charge is -2.11. The largest absolute Gasteiger partial charge is 0.342 e.